The van der Waals surface area contributed by atoms with Crippen LogP contribution in [0, 0.1) is 23.6 Å². The lowest BCUT2D eigenvalue weighted by Gasteiger charge is -2.26. The predicted octanol–water partition coefficient (Wildman–Crippen LogP) is 2.48. The summed E-state index contributed by atoms with van der Waals surface area (Å²) in [7, 11) is 0. The fourth-order valence-electron chi connectivity index (χ4n) is 4.81. The van der Waals surface area contributed by atoms with E-state index in [9.17, 15) is 28.4 Å². The largest absolute Gasteiger partial charge is 0.478 e. The summed E-state index contributed by atoms with van der Waals surface area (Å²) in [6.45, 7) is 5.78. The number of hydrogen-bond acceptors (Lipinski definition) is 6. The molecule has 3 rings (SSSR count). The fraction of sp³-hybridized carbons (Fsp3) is 0.483. The molecule has 2 aliphatic rings. The molecule has 4 unspecified atom stereocenters. The van der Waals surface area contributed by atoms with E-state index >= 15 is 0 Å². The van der Waals surface area contributed by atoms with Gasteiger partial charge in [0.1, 0.15) is 11.6 Å². The first kappa shape index (κ1) is 31.3. The molecular formula is C29H37FN4O7. The van der Waals surface area contributed by atoms with E-state index in [-0.39, 0.29) is 43.6 Å². The van der Waals surface area contributed by atoms with E-state index in [4.69, 9.17) is 9.84 Å². The molecule has 4 N–H and O–H groups in total. The number of ether oxygens (including phenoxy) is 1. The topological polar surface area (TPSA) is 154 Å². The summed E-state index contributed by atoms with van der Waals surface area (Å²) in [5.41, 5.74) is 0.618. The van der Waals surface area contributed by atoms with Crippen LogP contribution >= 0.6 is 0 Å². The minimum Gasteiger partial charge on any atom is -0.478 e. The Balaban J connectivity index is 1.79. The number of ketones is 1. The van der Waals surface area contributed by atoms with Crippen LogP contribution in [0.1, 0.15) is 45.6 Å². The minimum atomic E-state index is -1.21. The van der Waals surface area contributed by atoms with Gasteiger partial charge in [0, 0.05) is 43.1 Å². The number of hydrogen-bond donors (Lipinski definition) is 4. The van der Waals surface area contributed by atoms with Gasteiger partial charge in [0.05, 0.1) is 6.04 Å². The first-order valence-corrected chi connectivity index (χ1v) is 13.6. The summed E-state index contributed by atoms with van der Waals surface area (Å²) in [6.07, 6.45) is 4.34. The number of benzene rings is 1. The molecule has 1 fully saturated rings. The molecule has 4 atom stereocenters. The summed E-state index contributed by atoms with van der Waals surface area (Å²) >= 11 is 0. The Morgan fingerprint density at radius 1 is 1.20 bits per heavy atom. The van der Waals surface area contributed by atoms with E-state index in [0.717, 1.165) is 6.08 Å². The molecule has 0 spiro atoms. The lowest BCUT2D eigenvalue weighted by molar-refractivity contribution is -0.131. The van der Waals surface area contributed by atoms with Crippen molar-refractivity contribution < 1.29 is 38.2 Å². The highest BCUT2D eigenvalue weighted by Crippen LogP contribution is 2.21. The van der Waals surface area contributed by atoms with E-state index in [2.05, 4.69) is 16.0 Å². The van der Waals surface area contributed by atoms with Gasteiger partial charge in [-0.1, -0.05) is 32.1 Å². The first-order chi connectivity index (χ1) is 19.4. The van der Waals surface area contributed by atoms with Crippen LogP contribution in [0.3, 0.4) is 0 Å². The van der Waals surface area contributed by atoms with Gasteiger partial charge < -0.3 is 25.8 Å². The van der Waals surface area contributed by atoms with E-state index in [1.54, 1.807) is 20.8 Å². The molecule has 0 aromatic heterocycles. The maximum absolute atomic E-state index is 13.6. The van der Waals surface area contributed by atoms with Gasteiger partial charge in [-0.15, -0.1) is 0 Å². The Labute approximate surface area is 238 Å². The highest BCUT2D eigenvalue weighted by molar-refractivity contribution is 5.93. The van der Waals surface area contributed by atoms with Crippen molar-refractivity contribution in [3.05, 3.63) is 59.8 Å². The maximum atomic E-state index is 13.6. The standard InChI is InChI=1S/C29H37FN4O7/c1-17(2)26(33-29(40)34-15-18(3)41-16-34)24(35)14-21(12-19-4-6-22(30)7-5-19)28(39)32-23(8-9-25(36)37)13-20-10-11-31-27(20)38/h4-9,15,17,20-21,23,26H,10-14,16H2,1-3H3,(H,31,38)(H,32,39)(H,33,40)(H,36,37). The number of urea groups is 1. The third-order valence-corrected chi connectivity index (χ3v) is 7.04. The molecule has 222 valence electrons. The summed E-state index contributed by atoms with van der Waals surface area (Å²) in [4.78, 5) is 64.5. The van der Waals surface area contributed by atoms with Crippen molar-refractivity contribution in [3.8, 4) is 0 Å². The zero-order valence-electron chi connectivity index (χ0n) is 23.4. The number of nitrogens with one attached hydrogen (secondary N) is 3. The summed E-state index contributed by atoms with van der Waals surface area (Å²) < 4.78 is 18.8. The van der Waals surface area contributed by atoms with Crippen molar-refractivity contribution in [1.29, 1.82) is 0 Å². The van der Waals surface area contributed by atoms with Gasteiger partial charge in [-0.25, -0.2) is 14.0 Å². The Kier molecular flexibility index (Phi) is 11.0. The molecule has 1 aromatic rings. The molecule has 12 heteroatoms. The van der Waals surface area contributed by atoms with Crippen molar-refractivity contribution in [1.82, 2.24) is 20.9 Å². The number of carbonyl (C=O) groups is 5. The lowest BCUT2D eigenvalue weighted by atomic mass is 9.88. The second-order valence-corrected chi connectivity index (χ2v) is 10.7. The molecule has 0 saturated carbocycles. The number of amides is 4. The number of halogens is 1. The van der Waals surface area contributed by atoms with Crippen molar-refractivity contribution in [2.75, 3.05) is 13.3 Å². The monoisotopic (exact) mass is 572 g/mol. The third kappa shape index (κ3) is 9.44. The van der Waals surface area contributed by atoms with E-state index in [1.807, 2.05) is 0 Å². The maximum Gasteiger partial charge on any atom is 0.328 e. The number of allylic oxidation sites excluding steroid dienone is 1. The van der Waals surface area contributed by atoms with Crippen molar-refractivity contribution in [3.63, 3.8) is 0 Å². The number of Topliss-reactive ketones (excluding diaryl/α,β-unsaturated/α-hetero) is 1. The van der Waals surface area contributed by atoms with Crippen molar-refractivity contribution >= 4 is 29.6 Å². The summed E-state index contributed by atoms with van der Waals surface area (Å²) in [6, 6.07) is 3.38. The number of carboxylic acid groups (broad SMARTS) is 1. The fourth-order valence-corrected chi connectivity index (χ4v) is 4.81. The van der Waals surface area contributed by atoms with Crippen LogP contribution in [0.15, 0.2) is 48.4 Å². The molecular weight excluding hydrogens is 535 g/mol. The van der Waals surface area contributed by atoms with Crippen LogP contribution in [-0.2, 0) is 30.3 Å². The molecule has 11 nitrogen and oxygen atoms in total. The second kappa shape index (κ2) is 14.4. The molecule has 0 radical (unpaired) electrons. The molecule has 2 heterocycles. The average molecular weight is 573 g/mol. The SMILES string of the molecule is CC1=CN(C(=O)NC(C(=O)CC(Cc2ccc(F)cc2)C(=O)NC(C=CC(=O)O)CC2CCNC2=O)C(C)C)CO1. The number of carboxylic acids is 1. The van der Waals surface area contributed by atoms with E-state index < -0.39 is 47.6 Å². The number of aliphatic carboxylic acids is 1. The molecule has 2 aliphatic heterocycles. The van der Waals surface area contributed by atoms with E-state index in [1.165, 1.54) is 41.4 Å². The number of carbonyl (C=O) groups excluding carboxylic acids is 4. The molecule has 4 amide bonds. The van der Waals surface area contributed by atoms with Gasteiger partial charge in [0.2, 0.25) is 11.8 Å². The third-order valence-electron chi connectivity index (χ3n) is 7.04. The average Bonchev–Trinajstić information content (AvgIpc) is 3.53. The minimum absolute atomic E-state index is 0.0243. The Morgan fingerprint density at radius 2 is 1.90 bits per heavy atom. The highest BCUT2D eigenvalue weighted by atomic mass is 19.1. The first-order valence-electron chi connectivity index (χ1n) is 13.6. The smallest absolute Gasteiger partial charge is 0.328 e. The van der Waals surface area contributed by atoms with Crippen molar-refractivity contribution in [2.24, 2.45) is 17.8 Å². The quantitative estimate of drug-likeness (QED) is 0.265. The Hall–Kier alpha value is -4.22. The van der Waals surface area contributed by atoms with Gasteiger partial charge in [0.15, 0.2) is 12.5 Å². The zero-order valence-corrected chi connectivity index (χ0v) is 23.4. The van der Waals surface area contributed by atoms with Gasteiger partial charge in [-0.05, 0) is 49.8 Å². The van der Waals surface area contributed by atoms with Gasteiger partial charge in [0.25, 0.3) is 0 Å². The molecule has 0 bridgehead atoms. The molecule has 0 aliphatic carbocycles. The molecule has 1 aromatic carbocycles. The lowest BCUT2D eigenvalue weighted by Crippen LogP contribution is -2.50. The second-order valence-electron chi connectivity index (χ2n) is 10.7. The Bertz CT molecular complexity index is 1200. The number of rotatable bonds is 13. The normalized spacial score (nSPS) is 18.9. The Morgan fingerprint density at radius 3 is 2.46 bits per heavy atom. The number of nitrogens with zero attached hydrogens (tertiary/aromatic N) is 1. The van der Waals surface area contributed by atoms with Crippen LogP contribution in [0.25, 0.3) is 0 Å². The van der Waals surface area contributed by atoms with Gasteiger partial charge in [-0.3, -0.25) is 19.3 Å². The van der Waals surface area contributed by atoms with Gasteiger partial charge >= 0.3 is 12.0 Å². The van der Waals surface area contributed by atoms with Crippen LogP contribution in [0.5, 0.6) is 0 Å². The van der Waals surface area contributed by atoms with Crippen LogP contribution in [0.2, 0.25) is 0 Å². The summed E-state index contributed by atoms with van der Waals surface area (Å²) in [5.74, 6) is -3.77. The van der Waals surface area contributed by atoms with Crippen molar-refractivity contribution in [2.45, 2.75) is 58.5 Å². The predicted molar refractivity (Wildman–Crippen MR) is 146 cm³/mol. The summed E-state index contributed by atoms with van der Waals surface area (Å²) in [5, 5.41) is 17.4. The van der Waals surface area contributed by atoms with Gasteiger partial charge in [-0.2, -0.15) is 0 Å². The van der Waals surface area contributed by atoms with Crippen LogP contribution in [-0.4, -0.2) is 65.0 Å². The molecule has 1 saturated heterocycles. The van der Waals surface area contributed by atoms with Crippen LogP contribution in [0.4, 0.5) is 9.18 Å². The molecule has 41 heavy (non-hydrogen) atoms. The zero-order chi connectivity index (χ0) is 30.1. The highest BCUT2D eigenvalue weighted by Gasteiger charge is 2.33. The van der Waals surface area contributed by atoms with Crippen LogP contribution < -0.4 is 16.0 Å². The van der Waals surface area contributed by atoms with E-state index in [0.29, 0.717) is 24.3 Å².